The Labute approximate surface area is 99.8 Å². The maximum absolute atomic E-state index is 5.85. The van der Waals surface area contributed by atoms with E-state index in [-0.39, 0.29) is 6.23 Å². The van der Waals surface area contributed by atoms with Crippen molar-refractivity contribution in [1.29, 1.82) is 0 Å². The average Bonchev–Trinajstić information content (AvgIpc) is 2.28. The van der Waals surface area contributed by atoms with Crippen molar-refractivity contribution in [1.82, 2.24) is 0 Å². The Morgan fingerprint density at radius 2 is 1.62 bits per heavy atom. The Hall–Kier alpha value is 0.0169. The van der Waals surface area contributed by atoms with Gasteiger partial charge in [0.25, 0.3) is 0 Å². The Bertz CT molecular complexity index is 168. The van der Waals surface area contributed by atoms with Crippen molar-refractivity contribution in [2.75, 3.05) is 20.8 Å². The fourth-order valence-corrected chi connectivity index (χ4v) is 2.38. The topological polar surface area (TPSA) is 79.7 Å². The van der Waals surface area contributed by atoms with Gasteiger partial charge >= 0.3 is 8.80 Å². The highest BCUT2D eigenvalue weighted by atomic mass is 28.4. The van der Waals surface area contributed by atoms with Crippen molar-refractivity contribution in [3.05, 3.63) is 0 Å². The third kappa shape index (κ3) is 7.32. The maximum atomic E-state index is 5.85. The molecule has 1 atom stereocenters. The van der Waals surface area contributed by atoms with Gasteiger partial charge in [0.15, 0.2) is 0 Å². The molecule has 0 aliphatic rings. The van der Waals surface area contributed by atoms with Crippen LogP contribution in [0.25, 0.3) is 0 Å². The maximum Gasteiger partial charge on any atom is 0.498 e. The first-order chi connectivity index (χ1) is 7.58. The van der Waals surface area contributed by atoms with Crippen LogP contribution >= 0.6 is 0 Å². The molecule has 16 heavy (non-hydrogen) atoms. The van der Waals surface area contributed by atoms with E-state index in [4.69, 9.17) is 24.7 Å². The van der Waals surface area contributed by atoms with Gasteiger partial charge in [0, 0.05) is 20.8 Å². The summed E-state index contributed by atoms with van der Waals surface area (Å²) in [7, 11) is 0.693. The lowest BCUT2D eigenvalue weighted by Crippen LogP contribution is -2.46. The van der Waals surface area contributed by atoms with E-state index in [1.807, 2.05) is 6.55 Å². The quantitative estimate of drug-likeness (QED) is 0.344. The van der Waals surface area contributed by atoms with E-state index < -0.39 is 8.80 Å². The first kappa shape index (κ1) is 16.0. The van der Waals surface area contributed by atoms with E-state index in [1.165, 1.54) is 0 Å². The van der Waals surface area contributed by atoms with Crippen molar-refractivity contribution in [2.24, 2.45) is 11.5 Å². The predicted molar refractivity (Wildman–Crippen MR) is 66.8 cm³/mol. The van der Waals surface area contributed by atoms with Crippen LogP contribution in [0.2, 0.25) is 6.55 Å². The minimum absolute atomic E-state index is 0.297. The van der Waals surface area contributed by atoms with Gasteiger partial charge < -0.3 is 24.7 Å². The summed E-state index contributed by atoms with van der Waals surface area (Å²) in [5.41, 5.74) is 11.3. The summed E-state index contributed by atoms with van der Waals surface area (Å²) < 4.78 is 16.0. The van der Waals surface area contributed by atoms with Crippen molar-refractivity contribution in [2.45, 2.75) is 44.9 Å². The van der Waals surface area contributed by atoms with E-state index in [1.54, 1.807) is 14.2 Å². The van der Waals surface area contributed by atoms with Crippen LogP contribution in [-0.2, 0) is 13.3 Å². The first-order valence-corrected chi connectivity index (χ1v) is 8.04. The fraction of sp³-hybridized carbons (Fsp3) is 1.00. The molecule has 0 aromatic heterocycles. The number of nitrogens with two attached hydrogens (primary N) is 2. The van der Waals surface area contributed by atoms with Gasteiger partial charge in [-0.1, -0.05) is 12.8 Å². The molecule has 0 aliphatic carbocycles. The third-order valence-corrected chi connectivity index (χ3v) is 4.76. The van der Waals surface area contributed by atoms with E-state index in [0.717, 1.165) is 38.6 Å². The minimum Gasteiger partial charge on any atom is -0.377 e. The summed E-state index contributed by atoms with van der Waals surface area (Å²) >= 11 is 0. The summed E-state index contributed by atoms with van der Waals surface area (Å²) in [4.78, 5) is 0. The van der Waals surface area contributed by atoms with Gasteiger partial charge in [-0.15, -0.1) is 0 Å². The molecule has 0 saturated heterocycles. The Balaban J connectivity index is 3.61. The molecule has 0 radical (unpaired) electrons. The third-order valence-electron chi connectivity index (χ3n) is 2.55. The molecular weight excluding hydrogens is 224 g/mol. The summed E-state index contributed by atoms with van der Waals surface area (Å²) in [5.74, 6) is 0. The minimum atomic E-state index is -2.48. The van der Waals surface area contributed by atoms with Gasteiger partial charge in [-0.25, -0.2) is 0 Å². The van der Waals surface area contributed by atoms with Crippen molar-refractivity contribution in [3.63, 3.8) is 0 Å². The van der Waals surface area contributed by atoms with Crippen LogP contribution in [0.4, 0.5) is 0 Å². The van der Waals surface area contributed by atoms with Crippen molar-refractivity contribution in [3.8, 4) is 0 Å². The standard InChI is InChI=1S/C10H26N2O3Si/c1-13-16(3,14-2)15-10(12)8-6-4-5-7-9-11/h10H,4-9,11-12H2,1-3H3. The van der Waals surface area contributed by atoms with E-state index >= 15 is 0 Å². The number of unbranched alkanes of at least 4 members (excludes halogenated alkanes) is 3. The second-order valence-corrected chi connectivity index (χ2v) is 6.70. The van der Waals surface area contributed by atoms with Crippen LogP contribution in [0.5, 0.6) is 0 Å². The van der Waals surface area contributed by atoms with Crippen LogP contribution in [-0.4, -0.2) is 35.8 Å². The molecule has 0 aromatic carbocycles. The van der Waals surface area contributed by atoms with Gasteiger partial charge in [-0.05, 0) is 25.8 Å². The number of hydrogen-bond donors (Lipinski definition) is 2. The van der Waals surface area contributed by atoms with Gasteiger partial charge in [0.2, 0.25) is 0 Å². The largest absolute Gasteiger partial charge is 0.498 e. The zero-order chi connectivity index (χ0) is 12.4. The first-order valence-electron chi connectivity index (χ1n) is 5.81. The van der Waals surface area contributed by atoms with Gasteiger partial charge in [-0.2, -0.15) is 0 Å². The molecule has 6 heteroatoms. The lowest BCUT2D eigenvalue weighted by Gasteiger charge is -2.26. The molecule has 0 aromatic rings. The lowest BCUT2D eigenvalue weighted by atomic mass is 10.1. The molecule has 0 fully saturated rings. The molecular formula is C10H26N2O3Si. The summed E-state index contributed by atoms with van der Waals surface area (Å²) in [5, 5.41) is 0. The molecule has 0 bridgehead atoms. The van der Waals surface area contributed by atoms with E-state index in [9.17, 15) is 0 Å². The van der Waals surface area contributed by atoms with Crippen molar-refractivity contribution >= 4 is 8.80 Å². The van der Waals surface area contributed by atoms with E-state index in [0.29, 0.717) is 0 Å². The zero-order valence-corrected chi connectivity index (χ0v) is 11.7. The Morgan fingerprint density at radius 1 is 1.06 bits per heavy atom. The molecule has 4 N–H and O–H groups in total. The Morgan fingerprint density at radius 3 is 2.12 bits per heavy atom. The molecule has 0 saturated carbocycles. The SMILES string of the molecule is CO[Si](C)(OC)OC(N)CCCCCCN. The van der Waals surface area contributed by atoms with Gasteiger partial charge in [0.1, 0.15) is 0 Å². The molecule has 0 rings (SSSR count). The zero-order valence-electron chi connectivity index (χ0n) is 10.7. The summed E-state index contributed by atoms with van der Waals surface area (Å²) in [6, 6.07) is 0. The van der Waals surface area contributed by atoms with Gasteiger partial charge in [0.05, 0.1) is 6.23 Å². The monoisotopic (exact) mass is 250 g/mol. The predicted octanol–water partition coefficient (Wildman–Crippen LogP) is 1.06. The van der Waals surface area contributed by atoms with Crippen LogP contribution in [0.3, 0.4) is 0 Å². The van der Waals surface area contributed by atoms with Crippen molar-refractivity contribution < 1.29 is 13.3 Å². The average molecular weight is 250 g/mol. The summed E-state index contributed by atoms with van der Waals surface area (Å²) in [6.45, 7) is 2.60. The second kappa shape index (κ2) is 9.09. The molecule has 0 heterocycles. The normalized spacial score (nSPS) is 14.1. The molecule has 0 aliphatic heterocycles. The smallest absolute Gasteiger partial charge is 0.377 e. The van der Waals surface area contributed by atoms with Gasteiger partial charge in [-0.3, -0.25) is 0 Å². The molecule has 5 nitrogen and oxygen atoms in total. The second-order valence-electron chi connectivity index (χ2n) is 3.92. The highest BCUT2D eigenvalue weighted by Crippen LogP contribution is 2.12. The Kier molecular flexibility index (Phi) is 9.10. The van der Waals surface area contributed by atoms with Crippen LogP contribution in [0.1, 0.15) is 32.1 Å². The highest BCUT2D eigenvalue weighted by molar-refractivity contribution is 6.59. The molecule has 0 amide bonds. The van der Waals surface area contributed by atoms with Crippen LogP contribution in [0, 0.1) is 0 Å². The van der Waals surface area contributed by atoms with Crippen LogP contribution in [0.15, 0.2) is 0 Å². The molecule has 98 valence electrons. The van der Waals surface area contributed by atoms with Crippen LogP contribution < -0.4 is 11.5 Å². The molecule has 1 unspecified atom stereocenters. The lowest BCUT2D eigenvalue weighted by molar-refractivity contribution is 0.0587. The fourth-order valence-electron chi connectivity index (χ4n) is 1.36. The highest BCUT2D eigenvalue weighted by Gasteiger charge is 2.34. The number of rotatable bonds is 10. The molecule has 0 spiro atoms. The summed E-state index contributed by atoms with van der Waals surface area (Å²) in [6.07, 6.45) is 4.98. The number of hydrogen-bond acceptors (Lipinski definition) is 5. The van der Waals surface area contributed by atoms with E-state index in [2.05, 4.69) is 0 Å².